The topological polar surface area (TPSA) is 55.1 Å². The molecule has 0 spiro atoms. The highest BCUT2D eigenvalue weighted by molar-refractivity contribution is 6.05. The van der Waals surface area contributed by atoms with Crippen molar-refractivity contribution >= 4 is 22.7 Å². The number of rotatable bonds is 3. The van der Waals surface area contributed by atoms with Crippen LogP contribution in [0.5, 0.6) is 0 Å². The Bertz CT molecular complexity index is 878. The Morgan fingerprint density at radius 3 is 2.61 bits per heavy atom. The summed E-state index contributed by atoms with van der Waals surface area (Å²) < 4.78 is 5.68. The molecule has 0 aliphatic rings. The molecule has 2 aromatic carbocycles. The van der Waals surface area contributed by atoms with Crippen molar-refractivity contribution in [2.75, 3.05) is 5.32 Å². The van der Waals surface area contributed by atoms with Crippen molar-refractivity contribution in [2.24, 2.45) is 0 Å². The van der Waals surface area contributed by atoms with Crippen LogP contribution in [0, 0.1) is 13.8 Å². The van der Waals surface area contributed by atoms with Crippen LogP contribution in [-0.2, 0) is 0 Å². The van der Waals surface area contributed by atoms with Gasteiger partial charge in [-0.15, -0.1) is 0 Å². The molecule has 0 bridgehead atoms. The van der Waals surface area contributed by atoms with Crippen LogP contribution in [0.15, 0.2) is 40.8 Å². The van der Waals surface area contributed by atoms with Gasteiger partial charge in [0, 0.05) is 17.2 Å². The minimum atomic E-state index is -0.116. The quantitative estimate of drug-likeness (QED) is 0.754. The molecule has 23 heavy (non-hydrogen) atoms. The first-order valence-corrected chi connectivity index (χ1v) is 7.73. The van der Waals surface area contributed by atoms with Crippen molar-refractivity contribution in [1.29, 1.82) is 0 Å². The van der Waals surface area contributed by atoms with Gasteiger partial charge in [0.05, 0.1) is 0 Å². The molecule has 4 nitrogen and oxygen atoms in total. The van der Waals surface area contributed by atoms with Crippen molar-refractivity contribution < 1.29 is 9.21 Å². The van der Waals surface area contributed by atoms with E-state index in [4.69, 9.17) is 4.42 Å². The second kappa shape index (κ2) is 5.88. The standard InChI is InChI=1S/C19H20N2O2/c1-11(2)19-21-16-10-14(6-8-17(16)23-19)20-18(22)15-7-5-12(3)9-13(15)4/h5-11H,1-4H3,(H,20,22). The van der Waals surface area contributed by atoms with Gasteiger partial charge in [0.2, 0.25) is 0 Å². The number of carbonyl (C=O) groups excluding carboxylic acids is 1. The summed E-state index contributed by atoms with van der Waals surface area (Å²) >= 11 is 0. The molecule has 0 radical (unpaired) electrons. The fourth-order valence-corrected chi connectivity index (χ4v) is 2.54. The van der Waals surface area contributed by atoms with Crippen LogP contribution in [-0.4, -0.2) is 10.9 Å². The third-order valence-corrected chi connectivity index (χ3v) is 3.78. The Hall–Kier alpha value is -2.62. The number of nitrogens with zero attached hydrogens (tertiary/aromatic N) is 1. The van der Waals surface area contributed by atoms with Crippen molar-refractivity contribution in [2.45, 2.75) is 33.6 Å². The number of carbonyl (C=O) groups is 1. The van der Waals surface area contributed by atoms with Crippen LogP contribution in [0.4, 0.5) is 5.69 Å². The van der Waals surface area contributed by atoms with Crippen molar-refractivity contribution in [3.63, 3.8) is 0 Å². The predicted octanol–water partition coefficient (Wildman–Crippen LogP) is 4.82. The average Bonchev–Trinajstić information content (AvgIpc) is 2.90. The number of benzene rings is 2. The van der Waals surface area contributed by atoms with Gasteiger partial charge in [-0.2, -0.15) is 0 Å². The molecule has 0 saturated heterocycles. The van der Waals surface area contributed by atoms with Crippen LogP contribution >= 0.6 is 0 Å². The van der Waals surface area contributed by atoms with Gasteiger partial charge < -0.3 is 9.73 Å². The zero-order valence-corrected chi connectivity index (χ0v) is 13.8. The van der Waals surface area contributed by atoms with E-state index in [1.54, 1.807) is 0 Å². The second-order valence-corrected chi connectivity index (χ2v) is 6.16. The van der Waals surface area contributed by atoms with Crippen LogP contribution in [0.3, 0.4) is 0 Å². The summed E-state index contributed by atoms with van der Waals surface area (Å²) in [5, 5.41) is 2.93. The molecule has 0 saturated carbocycles. The minimum absolute atomic E-state index is 0.116. The summed E-state index contributed by atoms with van der Waals surface area (Å²) in [7, 11) is 0. The summed E-state index contributed by atoms with van der Waals surface area (Å²) in [4.78, 5) is 16.9. The molecule has 3 aromatic rings. The monoisotopic (exact) mass is 308 g/mol. The first-order valence-electron chi connectivity index (χ1n) is 7.73. The van der Waals surface area contributed by atoms with Crippen molar-refractivity contribution in [3.8, 4) is 0 Å². The van der Waals surface area contributed by atoms with E-state index in [0.717, 1.165) is 22.2 Å². The number of aryl methyl sites for hydroxylation is 2. The molecule has 1 N–H and O–H groups in total. The molecule has 4 heteroatoms. The van der Waals surface area contributed by atoms with E-state index < -0.39 is 0 Å². The highest BCUT2D eigenvalue weighted by Gasteiger charge is 2.12. The molecule has 1 aromatic heterocycles. The SMILES string of the molecule is Cc1ccc(C(=O)Nc2ccc3oc(C(C)C)nc3c2)c(C)c1. The highest BCUT2D eigenvalue weighted by Crippen LogP contribution is 2.24. The Morgan fingerprint density at radius 2 is 1.91 bits per heavy atom. The molecule has 0 unspecified atom stereocenters. The predicted molar refractivity (Wildman–Crippen MR) is 92.0 cm³/mol. The smallest absolute Gasteiger partial charge is 0.255 e. The van der Waals surface area contributed by atoms with Gasteiger partial charge in [-0.25, -0.2) is 4.98 Å². The maximum Gasteiger partial charge on any atom is 0.255 e. The van der Waals surface area contributed by atoms with Gasteiger partial charge in [0.15, 0.2) is 11.5 Å². The molecule has 1 heterocycles. The van der Waals surface area contributed by atoms with Crippen LogP contribution in [0.1, 0.15) is 47.1 Å². The van der Waals surface area contributed by atoms with E-state index in [9.17, 15) is 4.79 Å². The van der Waals surface area contributed by atoms with Gasteiger partial charge in [0.25, 0.3) is 5.91 Å². The van der Waals surface area contributed by atoms with E-state index in [-0.39, 0.29) is 11.8 Å². The molecule has 118 valence electrons. The lowest BCUT2D eigenvalue weighted by atomic mass is 10.1. The van der Waals surface area contributed by atoms with Gasteiger partial charge in [-0.05, 0) is 43.7 Å². The average molecular weight is 308 g/mol. The first kappa shape index (κ1) is 15.3. The number of anilines is 1. The Kier molecular flexibility index (Phi) is 3.90. The number of hydrogen-bond donors (Lipinski definition) is 1. The molecular formula is C19H20N2O2. The van der Waals surface area contributed by atoms with E-state index in [1.165, 1.54) is 0 Å². The van der Waals surface area contributed by atoms with E-state index in [2.05, 4.69) is 10.3 Å². The van der Waals surface area contributed by atoms with Gasteiger partial charge in [0.1, 0.15) is 5.52 Å². The highest BCUT2D eigenvalue weighted by atomic mass is 16.3. The Labute approximate surface area is 135 Å². The number of aromatic nitrogens is 1. The maximum atomic E-state index is 12.4. The van der Waals surface area contributed by atoms with Gasteiger partial charge in [-0.1, -0.05) is 31.5 Å². The fraction of sp³-hybridized carbons (Fsp3) is 0.263. The summed E-state index contributed by atoms with van der Waals surface area (Å²) in [5.74, 6) is 0.822. The minimum Gasteiger partial charge on any atom is -0.440 e. The first-order chi connectivity index (χ1) is 10.9. The largest absolute Gasteiger partial charge is 0.440 e. The number of amides is 1. The maximum absolute atomic E-state index is 12.4. The molecule has 1 amide bonds. The molecule has 0 aliphatic carbocycles. The van der Waals surface area contributed by atoms with Crippen molar-refractivity contribution in [3.05, 3.63) is 59.0 Å². The van der Waals surface area contributed by atoms with Crippen molar-refractivity contribution in [1.82, 2.24) is 4.98 Å². The lowest BCUT2D eigenvalue weighted by Gasteiger charge is -2.08. The van der Waals surface area contributed by atoms with E-state index in [0.29, 0.717) is 17.1 Å². The number of oxazole rings is 1. The molecular weight excluding hydrogens is 288 g/mol. The zero-order valence-electron chi connectivity index (χ0n) is 13.8. The summed E-state index contributed by atoms with van der Waals surface area (Å²) in [6, 6.07) is 11.3. The summed E-state index contributed by atoms with van der Waals surface area (Å²) in [6.07, 6.45) is 0. The second-order valence-electron chi connectivity index (χ2n) is 6.16. The lowest BCUT2D eigenvalue weighted by Crippen LogP contribution is -2.13. The van der Waals surface area contributed by atoms with E-state index in [1.807, 2.05) is 64.1 Å². The Balaban J connectivity index is 1.87. The summed E-state index contributed by atoms with van der Waals surface area (Å²) in [5.41, 5.74) is 4.99. The Morgan fingerprint density at radius 1 is 1.13 bits per heavy atom. The number of fused-ring (bicyclic) bond motifs is 1. The molecule has 0 fully saturated rings. The molecule has 0 aliphatic heterocycles. The third-order valence-electron chi connectivity index (χ3n) is 3.78. The fourth-order valence-electron chi connectivity index (χ4n) is 2.54. The molecule has 0 atom stereocenters. The lowest BCUT2D eigenvalue weighted by molar-refractivity contribution is 0.102. The third kappa shape index (κ3) is 3.11. The normalized spacial score (nSPS) is 11.2. The van der Waals surface area contributed by atoms with E-state index >= 15 is 0 Å². The number of nitrogens with one attached hydrogen (secondary N) is 1. The van der Waals surface area contributed by atoms with Crippen LogP contribution in [0.2, 0.25) is 0 Å². The van der Waals surface area contributed by atoms with Gasteiger partial charge >= 0.3 is 0 Å². The summed E-state index contributed by atoms with van der Waals surface area (Å²) in [6.45, 7) is 8.03. The molecule has 3 rings (SSSR count). The number of hydrogen-bond acceptors (Lipinski definition) is 3. The van der Waals surface area contributed by atoms with Crippen LogP contribution < -0.4 is 5.32 Å². The van der Waals surface area contributed by atoms with Gasteiger partial charge in [-0.3, -0.25) is 4.79 Å². The van der Waals surface area contributed by atoms with Crippen LogP contribution in [0.25, 0.3) is 11.1 Å². The zero-order chi connectivity index (χ0) is 16.6.